The summed E-state index contributed by atoms with van der Waals surface area (Å²) in [5.41, 5.74) is 1.65. The molecule has 4 rings (SSSR count). The van der Waals surface area contributed by atoms with Gasteiger partial charge in [-0.3, -0.25) is 9.13 Å². The van der Waals surface area contributed by atoms with Gasteiger partial charge in [-0.25, -0.2) is 17.6 Å². The first-order valence-electron chi connectivity index (χ1n) is 11.5. The molecule has 0 spiro atoms. The zero-order chi connectivity index (χ0) is 26.7. The maximum Gasteiger partial charge on any atom is 0.330 e. The average molecular weight is 524 g/mol. The van der Waals surface area contributed by atoms with Gasteiger partial charge in [0.25, 0.3) is 0 Å². The summed E-state index contributed by atoms with van der Waals surface area (Å²) in [5.74, 6) is 0.0900. The molecule has 3 aromatic carbocycles. The second-order valence-corrected chi connectivity index (χ2v) is 10.7. The first kappa shape index (κ1) is 26.0. The zero-order valence-corrected chi connectivity index (χ0v) is 21.5. The maximum atomic E-state index is 14.5. The number of fused-ring (bicyclic) bond motifs is 1. The molecule has 0 saturated heterocycles. The Morgan fingerprint density at radius 1 is 1.05 bits per heavy atom. The predicted octanol–water partition coefficient (Wildman–Crippen LogP) is 4.17. The van der Waals surface area contributed by atoms with Gasteiger partial charge in [0.1, 0.15) is 22.2 Å². The van der Waals surface area contributed by atoms with Crippen molar-refractivity contribution >= 4 is 20.9 Å². The third-order valence-corrected chi connectivity index (χ3v) is 6.94. The summed E-state index contributed by atoms with van der Waals surface area (Å²) in [6.07, 6.45) is 1.10. The summed E-state index contributed by atoms with van der Waals surface area (Å²) >= 11 is 0. The summed E-state index contributed by atoms with van der Waals surface area (Å²) in [6.45, 7) is 1.91. The van der Waals surface area contributed by atoms with Crippen molar-refractivity contribution in [1.29, 1.82) is 5.26 Å². The van der Waals surface area contributed by atoms with Crippen molar-refractivity contribution in [2.75, 3.05) is 25.7 Å². The highest BCUT2D eigenvalue weighted by Crippen LogP contribution is 2.34. The lowest BCUT2D eigenvalue weighted by molar-refractivity contribution is 0.310. The Hall–Kier alpha value is -4.10. The maximum absolute atomic E-state index is 14.5. The van der Waals surface area contributed by atoms with Crippen LogP contribution < -0.4 is 15.2 Å². The first-order valence-corrected chi connectivity index (χ1v) is 13.6. The van der Waals surface area contributed by atoms with Crippen LogP contribution in [-0.2, 0) is 16.4 Å². The molecule has 8 nitrogen and oxygen atoms in total. The molecule has 0 aliphatic heterocycles. The van der Waals surface area contributed by atoms with Crippen molar-refractivity contribution in [3.05, 3.63) is 82.5 Å². The van der Waals surface area contributed by atoms with Crippen LogP contribution in [0.15, 0.2) is 65.5 Å². The van der Waals surface area contributed by atoms with E-state index in [1.54, 1.807) is 54.6 Å². The van der Waals surface area contributed by atoms with Crippen LogP contribution in [0.5, 0.6) is 11.5 Å². The van der Waals surface area contributed by atoms with Gasteiger partial charge in [0, 0.05) is 11.8 Å². The molecular weight excluding hydrogens is 497 g/mol. The Labute approximate surface area is 214 Å². The number of ether oxygens (including phenoxy) is 2. The van der Waals surface area contributed by atoms with E-state index in [4.69, 9.17) is 9.47 Å². The molecule has 1 atom stereocenters. The number of hydrogen-bond donors (Lipinski definition) is 0. The Bertz CT molecular complexity index is 1670. The van der Waals surface area contributed by atoms with Gasteiger partial charge in [0.2, 0.25) is 0 Å². The van der Waals surface area contributed by atoms with Crippen LogP contribution in [0.1, 0.15) is 18.5 Å². The number of imidazole rings is 1. The number of rotatable bonds is 9. The Kier molecular flexibility index (Phi) is 7.36. The van der Waals surface area contributed by atoms with Gasteiger partial charge >= 0.3 is 5.69 Å². The highest BCUT2D eigenvalue weighted by molar-refractivity contribution is 7.90. The lowest BCUT2D eigenvalue weighted by atomic mass is 10.0. The van der Waals surface area contributed by atoms with Crippen LogP contribution in [0.3, 0.4) is 0 Å². The summed E-state index contributed by atoms with van der Waals surface area (Å²) < 4.78 is 53.2. The van der Waals surface area contributed by atoms with Gasteiger partial charge in [-0.2, -0.15) is 5.26 Å². The molecule has 0 aliphatic carbocycles. The fraction of sp³-hybridized carbons (Fsp3) is 0.259. The van der Waals surface area contributed by atoms with Crippen LogP contribution >= 0.6 is 0 Å². The van der Waals surface area contributed by atoms with E-state index in [0.29, 0.717) is 45.8 Å². The second kappa shape index (κ2) is 10.5. The van der Waals surface area contributed by atoms with E-state index in [1.807, 2.05) is 13.0 Å². The number of nitriles is 1. The number of benzene rings is 3. The average Bonchev–Trinajstić information content (AvgIpc) is 3.13. The van der Waals surface area contributed by atoms with Gasteiger partial charge in [-0.1, -0.05) is 30.3 Å². The van der Waals surface area contributed by atoms with Crippen molar-refractivity contribution in [2.45, 2.75) is 19.5 Å². The fourth-order valence-electron chi connectivity index (χ4n) is 4.44. The normalized spacial score (nSPS) is 12.3. The molecule has 0 aliphatic rings. The second-order valence-electron chi connectivity index (χ2n) is 8.53. The van der Waals surface area contributed by atoms with E-state index >= 15 is 0 Å². The quantitative estimate of drug-likeness (QED) is 0.326. The van der Waals surface area contributed by atoms with Gasteiger partial charge in [0.15, 0.2) is 11.5 Å². The van der Waals surface area contributed by atoms with E-state index in [0.717, 1.165) is 6.26 Å². The van der Waals surface area contributed by atoms with E-state index in [-0.39, 0.29) is 12.3 Å². The molecule has 1 unspecified atom stereocenters. The Morgan fingerprint density at radius 2 is 1.81 bits per heavy atom. The standard InChI is InChI=1S/C27H26FN3O5S/c1-4-36-26-16-19(10-12-25(26)35-2)24(17-37(3,33)34)31-22-11-9-18(20-7-5-6-8-21(20)28)15-23(22)30(14-13-29)27(31)32/h5-12,15-16,24H,4,14,17H2,1-3H3. The van der Waals surface area contributed by atoms with E-state index in [9.17, 15) is 22.9 Å². The monoisotopic (exact) mass is 523 g/mol. The van der Waals surface area contributed by atoms with Crippen LogP contribution in [-0.4, -0.2) is 43.3 Å². The summed E-state index contributed by atoms with van der Waals surface area (Å²) in [7, 11) is -2.06. The van der Waals surface area contributed by atoms with Gasteiger partial charge < -0.3 is 9.47 Å². The molecular formula is C27H26FN3O5S. The third kappa shape index (κ3) is 5.22. The van der Waals surface area contributed by atoms with Crippen LogP contribution in [0, 0.1) is 17.1 Å². The minimum Gasteiger partial charge on any atom is -0.493 e. The van der Waals surface area contributed by atoms with Gasteiger partial charge in [-0.15, -0.1) is 0 Å². The summed E-state index contributed by atoms with van der Waals surface area (Å²) in [5, 5.41) is 9.43. The lowest BCUT2D eigenvalue weighted by Crippen LogP contribution is -2.31. The van der Waals surface area contributed by atoms with Crippen LogP contribution in [0.25, 0.3) is 22.2 Å². The molecule has 10 heteroatoms. The molecule has 0 fully saturated rings. The molecule has 1 heterocycles. The van der Waals surface area contributed by atoms with Crippen LogP contribution in [0.2, 0.25) is 0 Å². The molecule has 0 N–H and O–H groups in total. The molecule has 0 saturated carbocycles. The van der Waals surface area contributed by atoms with Gasteiger partial charge in [0.05, 0.1) is 42.6 Å². The zero-order valence-electron chi connectivity index (χ0n) is 20.6. The van der Waals surface area contributed by atoms with Crippen molar-refractivity contribution in [2.24, 2.45) is 0 Å². The Morgan fingerprint density at radius 3 is 2.46 bits per heavy atom. The fourth-order valence-corrected chi connectivity index (χ4v) is 5.36. The highest BCUT2D eigenvalue weighted by atomic mass is 32.2. The highest BCUT2D eigenvalue weighted by Gasteiger charge is 2.27. The number of halogens is 1. The van der Waals surface area contributed by atoms with Crippen molar-refractivity contribution in [1.82, 2.24) is 9.13 Å². The number of methoxy groups -OCH3 is 1. The molecule has 192 valence electrons. The number of sulfone groups is 1. The van der Waals surface area contributed by atoms with Crippen molar-refractivity contribution < 1.29 is 22.3 Å². The molecule has 0 bridgehead atoms. The van der Waals surface area contributed by atoms with Gasteiger partial charge in [-0.05, 0) is 48.4 Å². The Balaban J connectivity index is 1.99. The van der Waals surface area contributed by atoms with Crippen molar-refractivity contribution in [3.8, 4) is 28.7 Å². The number of nitrogens with zero attached hydrogens (tertiary/aromatic N) is 3. The first-order chi connectivity index (χ1) is 17.7. The third-order valence-electron chi connectivity index (χ3n) is 6.02. The number of hydrogen-bond acceptors (Lipinski definition) is 6. The van der Waals surface area contributed by atoms with E-state index < -0.39 is 27.4 Å². The topological polar surface area (TPSA) is 103 Å². The summed E-state index contributed by atoms with van der Waals surface area (Å²) in [4.78, 5) is 13.7. The number of aromatic nitrogens is 2. The molecule has 1 aromatic heterocycles. The van der Waals surface area contributed by atoms with E-state index in [1.165, 1.54) is 22.3 Å². The molecule has 37 heavy (non-hydrogen) atoms. The molecule has 0 amide bonds. The van der Waals surface area contributed by atoms with Crippen LogP contribution in [0.4, 0.5) is 4.39 Å². The molecule has 0 radical (unpaired) electrons. The van der Waals surface area contributed by atoms with Crippen molar-refractivity contribution in [3.63, 3.8) is 0 Å². The predicted molar refractivity (Wildman–Crippen MR) is 139 cm³/mol. The minimum absolute atomic E-state index is 0.262. The minimum atomic E-state index is -3.56. The SMILES string of the molecule is CCOc1cc(C(CS(C)(=O)=O)n2c(=O)n(CC#N)c3cc(-c4ccccc4F)ccc32)ccc1OC. The van der Waals surface area contributed by atoms with E-state index in [2.05, 4.69) is 0 Å². The summed E-state index contributed by atoms with van der Waals surface area (Å²) in [6, 6.07) is 17.3. The molecule has 4 aromatic rings. The largest absolute Gasteiger partial charge is 0.493 e. The smallest absolute Gasteiger partial charge is 0.330 e. The lowest BCUT2D eigenvalue weighted by Gasteiger charge is -2.20.